The van der Waals surface area contributed by atoms with Gasteiger partial charge >= 0.3 is 0 Å². The number of likely N-dealkylation sites (tertiary alicyclic amines) is 1. The Kier molecular flexibility index (Phi) is 4.43. The van der Waals surface area contributed by atoms with Crippen LogP contribution in [0.5, 0.6) is 0 Å². The average molecular weight is 301 g/mol. The van der Waals surface area contributed by atoms with Gasteiger partial charge in [0.1, 0.15) is 0 Å². The third-order valence-corrected chi connectivity index (χ3v) is 4.68. The van der Waals surface area contributed by atoms with E-state index < -0.39 is 0 Å². The molecular formula is C17H23N3O2. The van der Waals surface area contributed by atoms with Crippen LogP contribution in [-0.2, 0) is 22.6 Å². The Morgan fingerprint density at radius 3 is 2.77 bits per heavy atom. The fraction of sp³-hybridized carbons (Fsp3) is 0.529. The molecule has 0 aliphatic carbocycles. The van der Waals surface area contributed by atoms with Crippen LogP contribution >= 0.6 is 0 Å². The van der Waals surface area contributed by atoms with Crippen molar-refractivity contribution in [3.8, 4) is 0 Å². The Labute approximate surface area is 131 Å². The first-order valence-electron chi connectivity index (χ1n) is 7.96. The molecule has 3 rings (SSSR count). The lowest BCUT2D eigenvalue weighted by Gasteiger charge is -2.33. The Balaban J connectivity index is 1.55. The highest BCUT2D eigenvalue weighted by atomic mass is 16.2. The number of hydrogen-bond donors (Lipinski definition) is 1. The fourth-order valence-corrected chi connectivity index (χ4v) is 3.41. The molecule has 0 bridgehead atoms. The molecule has 0 radical (unpaired) electrons. The smallest absolute Gasteiger partial charge is 0.242 e. The first-order valence-corrected chi connectivity index (χ1v) is 7.96. The summed E-state index contributed by atoms with van der Waals surface area (Å²) >= 11 is 0. The molecule has 2 amide bonds. The van der Waals surface area contributed by atoms with E-state index in [9.17, 15) is 9.59 Å². The molecular weight excluding hydrogens is 278 g/mol. The number of nitrogens with one attached hydrogen (secondary N) is 1. The van der Waals surface area contributed by atoms with E-state index in [-0.39, 0.29) is 18.4 Å². The Hall–Kier alpha value is -1.88. The van der Waals surface area contributed by atoms with Crippen molar-refractivity contribution in [2.24, 2.45) is 0 Å². The van der Waals surface area contributed by atoms with E-state index in [1.54, 1.807) is 0 Å². The molecule has 5 heteroatoms. The maximum absolute atomic E-state index is 12.1. The molecule has 1 atom stereocenters. The van der Waals surface area contributed by atoms with E-state index in [0.29, 0.717) is 6.04 Å². The summed E-state index contributed by atoms with van der Waals surface area (Å²) in [7, 11) is 0. The van der Waals surface area contributed by atoms with E-state index in [4.69, 9.17) is 0 Å². The van der Waals surface area contributed by atoms with Crippen LogP contribution in [0.25, 0.3) is 0 Å². The van der Waals surface area contributed by atoms with Crippen LogP contribution < -0.4 is 5.32 Å². The van der Waals surface area contributed by atoms with Crippen molar-refractivity contribution >= 4 is 11.8 Å². The summed E-state index contributed by atoms with van der Waals surface area (Å²) in [4.78, 5) is 27.3. The summed E-state index contributed by atoms with van der Waals surface area (Å²) in [5, 5.41) is 2.59. The summed E-state index contributed by atoms with van der Waals surface area (Å²) in [6.45, 7) is 5.17. The third kappa shape index (κ3) is 3.30. The number of carbonyl (C=O) groups is 2. The van der Waals surface area contributed by atoms with Crippen LogP contribution in [0.1, 0.15) is 24.5 Å². The normalized spacial score (nSPS) is 21.5. The van der Waals surface area contributed by atoms with E-state index in [0.717, 1.165) is 39.0 Å². The van der Waals surface area contributed by atoms with Gasteiger partial charge in [-0.2, -0.15) is 0 Å². The van der Waals surface area contributed by atoms with Gasteiger partial charge in [0.05, 0.1) is 6.54 Å². The minimum absolute atomic E-state index is 0.0232. The molecule has 1 saturated heterocycles. The molecule has 1 unspecified atom stereocenters. The largest absolute Gasteiger partial charge is 0.347 e. The van der Waals surface area contributed by atoms with Gasteiger partial charge < -0.3 is 10.2 Å². The number of carbonyl (C=O) groups excluding carboxylic acids is 2. The third-order valence-electron chi connectivity index (χ3n) is 4.68. The topological polar surface area (TPSA) is 52.7 Å². The summed E-state index contributed by atoms with van der Waals surface area (Å²) < 4.78 is 0. The zero-order valence-electron chi connectivity index (χ0n) is 13.0. The standard InChI is InChI=1S/C17H23N3O2/c1-13(21)18-10-17(22)20-9-7-16(12-20)19-8-6-14-4-2-3-5-15(14)11-19/h2-5,16H,6-12H2,1H3,(H,18,21). The molecule has 118 valence electrons. The first-order chi connectivity index (χ1) is 10.6. The minimum atomic E-state index is -0.156. The van der Waals surface area contributed by atoms with Gasteiger partial charge in [-0.15, -0.1) is 0 Å². The fourth-order valence-electron chi connectivity index (χ4n) is 3.41. The molecule has 1 fully saturated rings. The second-order valence-electron chi connectivity index (χ2n) is 6.18. The van der Waals surface area contributed by atoms with Gasteiger partial charge in [0, 0.05) is 39.1 Å². The Morgan fingerprint density at radius 2 is 2.00 bits per heavy atom. The van der Waals surface area contributed by atoms with E-state index in [1.165, 1.54) is 18.1 Å². The van der Waals surface area contributed by atoms with Gasteiger partial charge in [-0.1, -0.05) is 24.3 Å². The molecule has 2 heterocycles. The lowest BCUT2D eigenvalue weighted by molar-refractivity contribution is -0.131. The van der Waals surface area contributed by atoms with Gasteiger partial charge in [-0.25, -0.2) is 0 Å². The molecule has 1 aromatic rings. The highest BCUT2D eigenvalue weighted by Gasteiger charge is 2.31. The average Bonchev–Trinajstić information content (AvgIpc) is 3.02. The van der Waals surface area contributed by atoms with Crippen LogP contribution in [0.15, 0.2) is 24.3 Å². The van der Waals surface area contributed by atoms with Crippen molar-refractivity contribution in [2.45, 2.75) is 32.4 Å². The molecule has 2 aliphatic heterocycles. The highest BCUT2D eigenvalue weighted by molar-refractivity contribution is 5.83. The van der Waals surface area contributed by atoms with Crippen molar-refractivity contribution in [2.75, 3.05) is 26.2 Å². The van der Waals surface area contributed by atoms with Crippen molar-refractivity contribution in [1.29, 1.82) is 0 Å². The summed E-state index contributed by atoms with van der Waals surface area (Å²) in [6.07, 6.45) is 2.11. The van der Waals surface area contributed by atoms with Gasteiger partial charge in [0.2, 0.25) is 11.8 Å². The van der Waals surface area contributed by atoms with E-state index >= 15 is 0 Å². The van der Waals surface area contributed by atoms with Crippen LogP contribution in [0.3, 0.4) is 0 Å². The number of amides is 2. The second kappa shape index (κ2) is 6.48. The van der Waals surface area contributed by atoms with Gasteiger partial charge in [-0.05, 0) is 24.0 Å². The highest BCUT2D eigenvalue weighted by Crippen LogP contribution is 2.24. The molecule has 5 nitrogen and oxygen atoms in total. The SMILES string of the molecule is CC(=O)NCC(=O)N1CCC(N2CCc3ccccc3C2)C1. The zero-order valence-corrected chi connectivity index (χ0v) is 13.0. The number of fused-ring (bicyclic) bond motifs is 1. The van der Waals surface area contributed by atoms with Crippen molar-refractivity contribution < 1.29 is 9.59 Å². The monoisotopic (exact) mass is 301 g/mol. The van der Waals surface area contributed by atoms with Crippen molar-refractivity contribution in [3.63, 3.8) is 0 Å². The maximum Gasteiger partial charge on any atom is 0.242 e. The molecule has 2 aliphatic rings. The second-order valence-corrected chi connectivity index (χ2v) is 6.18. The van der Waals surface area contributed by atoms with Crippen LogP contribution in [-0.4, -0.2) is 53.8 Å². The number of benzene rings is 1. The van der Waals surface area contributed by atoms with E-state index in [2.05, 4.69) is 34.5 Å². The zero-order chi connectivity index (χ0) is 15.5. The minimum Gasteiger partial charge on any atom is -0.347 e. The Bertz CT molecular complexity index is 573. The summed E-state index contributed by atoms with van der Waals surface area (Å²) in [5.41, 5.74) is 2.87. The number of rotatable bonds is 3. The number of nitrogens with zero attached hydrogens (tertiary/aromatic N) is 2. The lowest BCUT2D eigenvalue weighted by Crippen LogP contribution is -2.43. The van der Waals surface area contributed by atoms with Crippen LogP contribution in [0, 0.1) is 0 Å². The first kappa shape index (κ1) is 15.0. The number of hydrogen-bond acceptors (Lipinski definition) is 3. The molecule has 1 N–H and O–H groups in total. The Morgan fingerprint density at radius 1 is 1.23 bits per heavy atom. The van der Waals surface area contributed by atoms with E-state index in [1.807, 2.05) is 4.90 Å². The summed E-state index contributed by atoms with van der Waals surface area (Å²) in [6, 6.07) is 9.06. The lowest BCUT2D eigenvalue weighted by atomic mass is 9.98. The predicted octanol–water partition coefficient (Wildman–Crippen LogP) is 0.782. The summed E-state index contributed by atoms with van der Waals surface area (Å²) in [5.74, 6) is -0.133. The van der Waals surface area contributed by atoms with Gasteiger partial charge in [0.25, 0.3) is 0 Å². The van der Waals surface area contributed by atoms with Gasteiger partial charge in [0.15, 0.2) is 0 Å². The molecule has 0 saturated carbocycles. The quantitative estimate of drug-likeness (QED) is 0.898. The predicted molar refractivity (Wildman–Crippen MR) is 84.2 cm³/mol. The molecule has 0 aromatic heterocycles. The maximum atomic E-state index is 12.1. The molecule has 22 heavy (non-hydrogen) atoms. The van der Waals surface area contributed by atoms with Gasteiger partial charge in [-0.3, -0.25) is 14.5 Å². The van der Waals surface area contributed by atoms with Crippen LogP contribution in [0.4, 0.5) is 0 Å². The van der Waals surface area contributed by atoms with Crippen molar-refractivity contribution in [3.05, 3.63) is 35.4 Å². The van der Waals surface area contributed by atoms with Crippen LogP contribution in [0.2, 0.25) is 0 Å². The van der Waals surface area contributed by atoms with Crippen molar-refractivity contribution in [1.82, 2.24) is 15.1 Å². The molecule has 0 spiro atoms. The molecule has 1 aromatic carbocycles.